The van der Waals surface area contributed by atoms with Gasteiger partial charge in [-0.2, -0.15) is 0 Å². The highest BCUT2D eigenvalue weighted by atomic mass is 16.5. The Labute approximate surface area is 151 Å². The topological polar surface area (TPSA) is 66.9 Å². The highest BCUT2D eigenvalue weighted by molar-refractivity contribution is 6.23. The lowest BCUT2D eigenvalue weighted by atomic mass is 9.85. The van der Waals surface area contributed by atoms with Crippen molar-refractivity contribution >= 4 is 29.3 Å². The van der Waals surface area contributed by atoms with Gasteiger partial charge in [-0.15, -0.1) is 0 Å². The molecule has 0 spiro atoms. The Bertz CT molecular complexity index is 831. The van der Waals surface area contributed by atoms with E-state index in [0.717, 1.165) is 30.5 Å². The fraction of sp³-hybridized carbons (Fsp3) is 0.450. The van der Waals surface area contributed by atoms with Crippen molar-refractivity contribution in [1.82, 2.24) is 0 Å². The molecule has 4 atom stereocenters. The summed E-state index contributed by atoms with van der Waals surface area (Å²) < 4.78 is 4.85. The number of imide groups is 1. The van der Waals surface area contributed by atoms with E-state index in [1.54, 1.807) is 11.0 Å². The Morgan fingerprint density at radius 1 is 1.12 bits per heavy atom. The number of amides is 3. The number of carbonyl (C=O) groups excluding carboxylic acids is 3. The Kier molecular flexibility index (Phi) is 3.26. The van der Waals surface area contributed by atoms with E-state index in [0.29, 0.717) is 12.2 Å². The van der Waals surface area contributed by atoms with E-state index in [-0.39, 0.29) is 41.6 Å². The van der Waals surface area contributed by atoms with Crippen LogP contribution in [0.1, 0.15) is 18.4 Å². The van der Waals surface area contributed by atoms with Crippen molar-refractivity contribution in [3.05, 3.63) is 35.9 Å². The molecular weight excluding hydrogens is 332 g/mol. The minimum Gasteiger partial charge on any atom is -0.452 e. The number of hydrogen-bond acceptors (Lipinski definition) is 4. The van der Waals surface area contributed by atoms with E-state index in [1.807, 2.05) is 12.1 Å². The van der Waals surface area contributed by atoms with E-state index >= 15 is 0 Å². The van der Waals surface area contributed by atoms with Crippen molar-refractivity contribution in [2.45, 2.75) is 19.3 Å². The minimum absolute atomic E-state index is 0.0718. The van der Waals surface area contributed by atoms with Gasteiger partial charge in [0.25, 0.3) is 0 Å². The smallest absolute Gasteiger partial charge is 0.414 e. The molecule has 0 aromatic heterocycles. The highest BCUT2D eigenvalue weighted by Gasteiger charge is 2.59. The maximum atomic E-state index is 13.0. The molecule has 2 aliphatic carbocycles. The lowest BCUT2D eigenvalue weighted by molar-refractivity contribution is -0.123. The molecule has 0 radical (unpaired) electrons. The predicted octanol–water partition coefficient (Wildman–Crippen LogP) is 2.52. The van der Waals surface area contributed by atoms with Crippen LogP contribution in [0.4, 0.5) is 16.2 Å². The van der Waals surface area contributed by atoms with Crippen molar-refractivity contribution < 1.29 is 19.1 Å². The number of aryl methyl sites for hydroxylation is 1. The molecule has 6 heteroatoms. The van der Waals surface area contributed by atoms with Gasteiger partial charge in [-0.3, -0.25) is 19.4 Å². The van der Waals surface area contributed by atoms with E-state index in [4.69, 9.17) is 4.74 Å². The molecule has 6 nitrogen and oxygen atoms in total. The molecule has 2 bridgehead atoms. The molecule has 1 saturated carbocycles. The van der Waals surface area contributed by atoms with E-state index in [9.17, 15) is 14.4 Å². The van der Waals surface area contributed by atoms with Crippen LogP contribution >= 0.6 is 0 Å². The molecule has 1 saturated heterocycles. The molecule has 3 amide bonds. The fourth-order valence-corrected chi connectivity index (χ4v) is 5.18. The van der Waals surface area contributed by atoms with Crippen LogP contribution in [-0.4, -0.2) is 31.6 Å². The zero-order valence-electron chi connectivity index (χ0n) is 14.6. The Morgan fingerprint density at radius 3 is 2.46 bits per heavy atom. The SMILES string of the molecule is COC(=O)N1CCCc2cc(N3C(=O)[C@@H]4[C@H](C3=O)[C@H]3C=C[C@H]4C3)ccc21. The third-order valence-corrected chi connectivity index (χ3v) is 6.31. The first-order valence-electron chi connectivity index (χ1n) is 9.14. The number of anilines is 2. The van der Waals surface area contributed by atoms with Gasteiger partial charge in [0.2, 0.25) is 11.8 Å². The second-order valence-corrected chi connectivity index (χ2v) is 7.55. The summed E-state index contributed by atoms with van der Waals surface area (Å²) in [5, 5.41) is 0. The molecule has 1 aromatic rings. The lowest BCUT2D eigenvalue weighted by Gasteiger charge is -2.29. The Morgan fingerprint density at radius 2 is 1.81 bits per heavy atom. The molecule has 134 valence electrons. The van der Waals surface area contributed by atoms with Gasteiger partial charge in [0.1, 0.15) is 0 Å². The third kappa shape index (κ3) is 1.95. The van der Waals surface area contributed by atoms with Gasteiger partial charge >= 0.3 is 6.09 Å². The average molecular weight is 352 g/mol. The van der Waals surface area contributed by atoms with Crippen LogP contribution in [0.5, 0.6) is 0 Å². The third-order valence-electron chi connectivity index (χ3n) is 6.31. The molecule has 2 heterocycles. The number of nitrogens with zero attached hydrogens (tertiary/aromatic N) is 2. The fourth-order valence-electron chi connectivity index (χ4n) is 5.18. The standard InChI is InChI=1S/C20H20N2O4/c1-26-20(25)21-8-2-3-11-10-14(6-7-15(11)21)22-18(23)16-12-4-5-13(9-12)17(16)19(22)24/h4-7,10,12-13,16-17H,2-3,8-9H2,1H3/t12-,13-,16-,17+/m0/s1. The van der Waals surface area contributed by atoms with E-state index in [1.165, 1.54) is 12.0 Å². The van der Waals surface area contributed by atoms with Crippen molar-refractivity contribution in [3.63, 3.8) is 0 Å². The Balaban J connectivity index is 1.50. The van der Waals surface area contributed by atoms with Crippen molar-refractivity contribution in [2.75, 3.05) is 23.5 Å². The van der Waals surface area contributed by atoms with Crippen LogP contribution in [0.15, 0.2) is 30.4 Å². The summed E-state index contributed by atoms with van der Waals surface area (Å²) in [6, 6.07) is 5.48. The Hall–Kier alpha value is -2.63. The van der Waals surface area contributed by atoms with Crippen LogP contribution in [0.3, 0.4) is 0 Å². The summed E-state index contributed by atoms with van der Waals surface area (Å²) in [6.45, 7) is 0.611. The number of fused-ring (bicyclic) bond motifs is 6. The molecule has 1 aromatic carbocycles. The van der Waals surface area contributed by atoms with Gasteiger partial charge in [-0.1, -0.05) is 12.2 Å². The van der Waals surface area contributed by atoms with Crippen LogP contribution in [0.2, 0.25) is 0 Å². The summed E-state index contributed by atoms with van der Waals surface area (Å²) in [5.41, 5.74) is 2.39. The summed E-state index contributed by atoms with van der Waals surface area (Å²) in [6.07, 6.45) is 6.38. The molecule has 2 fully saturated rings. The second-order valence-electron chi connectivity index (χ2n) is 7.55. The van der Waals surface area contributed by atoms with E-state index in [2.05, 4.69) is 12.2 Å². The van der Waals surface area contributed by atoms with Crippen molar-refractivity contribution in [3.8, 4) is 0 Å². The number of rotatable bonds is 1. The maximum Gasteiger partial charge on any atom is 0.414 e. The molecule has 4 aliphatic rings. The molecule has 0 unspecified atom stereocenters. The van der Waals surface area contributed by atoms with E-state index < -0.39 is 0 Å². The summed E-state index contributed by atoms with van der Waals surface area (Å²) in [5.74, 6) is -0.118. The van der Waals surface area contributed by atoms with Gasteiger partial charge in [0.15, 0.2) is 0 Å². The first kappa shape index (κ1) is 15.6. The van der Waals surface area contributed by atoms with Gasteiger partial charge in [0.05, 0.1) is 30.3 Å². The molecule has 0 N–H and O–H groups in total. The van der Waals surface area contributed by atoms with Crippen molar-refractivity contribution in [2.24, 2.45) is 23.7 Å². The highest BCUT2D eigenvalue weighted by Crippen LogP contribution is 2.53. The van der Waals surface area contributed by atoms with Crippen LogP contribution in [-0.2, 0) is 20.7 Å². The van der Waals surface area contributed by atoms with Crippen LogP contribution < -0.4 is 9.80 Å². The number of benzene rings is 1. The zero-order valence-corrected chi connectivity index (χ0v) is 14.6. The maximum absolute atomic E-state index is 13.0. The average Bonchev–Trinajstić information content (AvgIpc) is 3.34. The first-order valence-corrected chi connectivity index (χ1v) is 9.14. The van der Waals surface area contributed by atoms with Gasteiger partial charge in [-0.05, 0) is 54.9 Å². The normalized spacial score (nSPS) is 31.4. The first-order chi connectivity index (χ1) is 12.6. The van der Waals surface area contributed by atoms with Crippen molar-refractivity contribution in [1.29, 1.82) is 0 Å². The number of ether oxygens (including phenoxy) is 1. The summed E-state index contributed by atoms with van der Waals surface area (Å²) in [7, 11) is 1.37. The van der Waals surface area contributed by atoms with Gasteiger partial charge in [0, 0.05) is 6.54 Å². The molecule has 2 aliphatic heterocycles. The number of methoxy groups -OCH3 is 1. The molecule has 5 rings (SSSR count). The molecule has 26 heavy (non-hydrogen) atoms. The quantitative estimate of drug-likeness (QED) is 0.575. The second kappa shape index (κ2) is 5.43. The number of hydrogen-bond donors (Lipinski definition) is 0. The molecular formula is C20H20N2O4. The summed E-state index contributed by atoms with van der Waals surface area (Å²) in [4.78, 5) is 40.9. The zero-order chi connectivity index (χ0) is 18.0. The predicted molar refractivity (Wildman–Crippen MR) is 94.7 cm³/mol. The lowest BCUT2D eigenvalue weighted by Crippen LogP contribution is -2.36. The van der Waals surface area contributed by atoms with Gasteiger partial charge in [-0.25, -0.2) is 4.79 Å². The van der Waals surface area contributed by atoms with Crippen LogP contribution in [0.25, 0.3) is 0 Å². The number of carbonyl (C=O) groups is 3. The van der Waals surface area contributed by atoms with Crippen LogP contribution in [0, 0.1) is 23.7 Å². The number of allylic oxidation sites excluding steroid dienone is 2. The monoisotopic (exact) mass is 352 g/mol. The summed E-state index contributed by atoms with van der Waals surface area (Å²) >= 11 is 0. The largest absolute Gasteiger partial charge is 0.452 e. The van der Waals surface area contributed by atoms with Gasteiger partial charge < -0.3 is 4.74 Å². The minimum atomic E-state index is -0.385.